The SMILES string of the molecule is c1ncc(-c2cc3c(-c4cc5c(N6CCCCC6)cncc5[nH]4)n[nH]c3cn2)cn1. The Labute approximate surface area is 172 Å². The number of rotatable bonds is 3. The monoisotopic (exact) mass is 396 g/mol. The van der Waals surface area contributed by atoms with Crippen molar-refractivity contribution in [2.45, 2.75) is 19.3 Å². The number of H-pyrrole nitrogens is 2. The van der Waals surface area contributed by atoms with Gasteiger partial charge in [0.15, 0.2) is 0 Å². The molecule has 0 atom stereocenters. The van der Waals surface area contributed by atoms with Crippen molar-refractivity contribution >= 4 is 27.5 Å². The molecule has 8 heteroatoms. The highest BCUT2D eigenvalue weighted by Crippen LogP contribution is 2.34. The third kappa shape index (κ3) is 2.80. The molecule has 0 bridgehead atoms. The van der Waals surface area contributed by atoms with Gasteiger partial charge in [0.2, 0.25) is 0 Å². The van der Waals surface area contributed by atoms with Crippen LogP contribution in [0.2, 0.25) is 0 Å². The number of aromatic amines is 2. The van der Waals surface area contributed by atoms with Crippen LogP contribution in [0.15, 0.2) is 49.4 Å². The van der Waals surface area contributed by atoms with E-state index in [2.05, 4.69) is 46.1 Å². The van der Waals surface area contributed by atoms with Gasteiger partial charge in [-0.3, -0.25) is 15.1 Å². The molecular weight excluding hydrogens is 376 g/mol. The zero-order chi connectivity index (χ0) is 19.9. The average molecular weight is 396 g/mol. The number of hydrogen-bond donors (Lipinski definition) is 2. The van der Waals surface area contributed by atoms with Crippen molar-refractivity contribution in [2.24, 2.45) is 0 Å². The molecule has 6 heterocycles. The van der Waals surface area contributed by atoms with Gasteiger partial charge in [-0.1, -0.05) is 0 Å². The summed E-state index contributed by atoms with van der Waals surface area (Å²) in [7, 11) is 0. The molecule has 5 aromatic rings. The van der Waals surface area contributed by atoms with Gasteiger partial charge in [0, 0.05) is 41.8 Å². The first kappa shape index (κ1) is 17.1. The van der Waals surface area contributed by atoms with Gasteiger partial charge in [-0.15, -0.1) is 0 Å². The molecule has 0 aliphatic carbocycles. The number of piperidine rings is 1. The lowest BCUT2D eigenvalue weighted by molar-refractivity contribution is 0.578. The summed E-state index contributed by atoms with van der Waals surface area (Å²) in [6.45, 7) is 2.17. The van der Waals surface area contributed by atoms with Crippen LogP contribution in [0.5, 0.6) is 0 Å². The molecule has 2 N–H and O–H groups in total. The summed E-state index contributed by atoms with van der Waals surface area (Å²) in [5.74, 6) is 0. The first-order valence-corrected chi connectivity index (χ1v) is 10.2. The summed E-state index contributed by atoms with van der Waals surface area (Å²) in [6, 6.07) is 4.21. The lowest BCUT2D eigenvalue weighted by Crippen LogP contribution is -2.29. The minimum atomic E-state index is 0.817. The van der Waals surface area contributed by atoms with E-state index < -0.39 is 0 Å². The molecule has 0 saturated carbocycles. The van der Waals surface area contributed by atoms with Crippen molar-refractivity contribution in [1.82, 2.24) is 35.1 Å². The number of nitrogens with one attached hydrogen (secondary N) is 2. The summed E-state index contributed by atoms with van der Waals surface area (Å²) in [6.07, 6.45) is 14.5. The van der Waals surface area contributed by atoms with Crippen molar-refractivity contribution in [3.63, 3.8) is 0 Å². The number of nitrogens with zero attached hydrogens (tertiary/aromatic N) is 6. The number of fused-ring (bicyclic) bond motifs is 2. The molecule has 0 amide bonds. The quantitative estimate of drug-likeness (QED) is 0.479. The Morgan fingerprint density at radius 3 is 2.53 bits per heavy atom. The second-order valence-corrected chi connectivity index (χ2v) is 7.67. The first-order chi connectivity index (χ1) is 14.9. The summed E-state index contributed by atoms with van der Waals surface area (Å²) in [5, 5.41) is 9.86. The first-order valence-electron chi connectivity index (χ1n) is 10.2. The van der Waals surface area contributed by atoms with Crippen LogP contribution in [0.3, 0.4) is 0 Å². The van der Waals surface area contributed by atoms with Crippen molar-refractivity contribution in [2.75, 3.05) is 18.0 Å². The summed E-state index contributed by atoms with van der Waals surface area (Å²) in [4.78, 5) is 23.2. The Kier molecular flexibility index (Phi) is 3.93. The van der Waals surface area contributed by atoms with Crippen molar-refractivity contribution in [3.8, 4) is 22.6 Å². The average Bonchev–Trinajstić information content (AvgIpc) is 3.43. The van der Waals surface area contributed by atoms with E-state index in [1.165, 1.54) is 36.7 Å². The van der Waals surface area contributed by atoms with Crippen LogP contribution in [0.4, 0.5) is 5.69 Å². The van der Waals surface area contributed by atoms with E-state index in [0.29, 0.717) is 0 Å². The van der Waals surface area contributed by atoms with Gasteiger partial charge in [-0.05, 0) is 31.4 Å². The van der Waals surface area contributed by atoms with Crippen molar-refractivity contribution in [1.29, 1.82) is 0 Å². The van der Waals surface area contributed by atoms with Crippen LogP contribution >= 0.6 is 0 Å². The fourth-order valence-corrected chi connectivity index (χ4v) is 4.26. The number of pyridine rings is 2. The Morgan fingerprint density at radius 2 is 1.67 bits per heavy atom. The molecule has 1 saturated heterocycles. The predicted octanol–water partition coefficient (Wildman–Crippen LogP) is 3.95. The molecule has 5 aromatic heterocycles. The fraction of sp³-hybridized carbons (Fsp3) is 0.227. The van der Waals surface area contributed by atoms with Crippen LogP contribution in [0, 0.1) is 0 Å². The number of aromatic nitrogens is 7. The normalized spacial score (nSPS) is 14.6. The van der Waals surface area contributed by atoms with Crippen LogP contribution in [0.25, 0.3) is 44.5 Å². The lowest BCUT2D eigenvalue weighted by atomic mass is 10.1. The summed E-state index contributed by atoms with van der Waals surface area (Å²) >= 11 is 0. The second-order valence-electron chi connectivity index (χ2n) is 7.67. The van der Waals surface area contributed by atoms with E-state index in [1.54, 1.807) is 18.6 Å². The largest absolute Gasteiger partial charge is 0.370 e. The Morgan fingerprint density at radius 1 is 0.800 bits per heavy atom. The standard InChI is InChI=1S/C22H20N8/c1-2-4-30(5-3-1)21-12-23-10-19-15(21)6-18(27-19)22-16-7-17(14-8-24-13-25-9-14)26-11-20(16)28-29-22/h6-13,27H,1-5H2,(H,28,29). The van der Waals surface area contributed by atoms with E-state index in [0.717, 1.165) is 52.2 Å². The molecule has 1 aliphatic rings. The van der Waals surface area contributed by atoms with E-state index in [4.69, 9.17) is 0 Å². The van der Waals surface area contributed by atoms with Gasteiger partial charge < -0.3 is 9.88 Å². The zero-order valence-corrected chi connectivity index (χ0v) is 16.3. The fourth-order valence-electron chi connectivity index (χ4n) is 4.26. The van der Waals surface area contributed by atoms with E-state index in [-0.39, 0.29) is 0 Å². The van der Waals surface area contributed by atoms with Crippen molar-refractivity contribution < 1.29 is 0 Å². The van der Waals surface area contributed by atoms with Gasteiger partial charge in [0.25, 0.3) is 0 Å². The van der Waals surface area contributed by atoms with Gasteiger partial charge in [0.05, 0.1) is 46.7 Å². The molecule has 8 nitrogen and oxygen atoms in total. The molecule has 6 rings (SSSR count). The maximum Gasteiger partial charge on any atom is 0.116 e. The highest BCUT2D eigenvalue weighted by Gasteiger charge is 2.18. The maximum atomic E-state index is 4.58. The molecular formula is C22H20N8. The van der Waals surface area contributed by atoms with Gasteiger partial charge in [0.1, 0.15) is 12.0 Å². The van der Waals surface area contributed by atoms with Crippen LogP contribution in [-0.2, 0) is 0 Å². The molecule has 30 heavy (non-hydrogen) atoms. The number of hydrogen-bond acceptors (Lipinski definition) is 6. The van der Waals surface area contributed by atoms with Gasteiger partial charge >= 0.3 is 0 Å². The van der Waals surface area contributed by atoms with Crippen LogP contribution in [0.1, 0.15) is 19.3 Å². The van der Waals surface area contributed by atoms with E-state index in [1.807, 2.05) is 18.5 Å². The molecule has 0 spiro atoms. The molecule has 1 fully saturated rings. The van der Waals surface area contributed by atoms with E-state index >= 15 is 0 Å². The topological polar surface area (TPSA) is 99.3 Å². The third-order valence-corrected chi connectivity index (χ3v) is 5.78. The Bertz CT molecular complexity index is 1330. The summed E-state index contributed by atoms with van der Waals surface area (Å²) in [5.41, 5.74) is 6.62. The Hall–Kier alpha value is -3.81. The van der Waals surface area contributed by atoms with Crippen molar-refractivity contribution in [3.05, 3.63) is 49.4 Å². The summed E-state index contributed by atoms with van der Waals surface area (Å²) < 4.78 is 0. The van der Waals surface area contributed by atoms with Gasteiger partial charge in [-0.2, -0.15) is 5.10 Å². The van der Waals surface area contributed by atoms with E-state index in [9.17, 15) is 0 Å². The highest BCUT2D eigenvalue weighted by molar-refractivity contribution is 6.00. The van der Waals surface area contributed by atoms with Crippen LogP contribution in [-0.4, -0.2) is 48.2 Å². The Balaban J connectivity index is 1.47. The molecule has 148 valence electrons. The maximum absolute atomic E-state index is 4.58. The molecule has 1 aliphatic heterocycles. The lowest BCUT2D eigenvalue weighted by Gasteiger charge is -2.28. The predicted molar refractivity (Wildman–Crippen MR) is 116 cm³/mol. The van der Waals surface area contributed by atoms with Gasteiger partial charge in [-0.25, -0.2) is 9.97 Å². The number of anilines is 1. The smallest absolute Gasteiger partial charge is 0.116 e. The molecule has 0 radical (unpaired) electrons. The minimum absolute atomic E-state index is 0.817. The third-order valence-electron chi connectivity index (χ3n) is 5.78. The second kappa shape index (κ2) is 6.91. The minimum Gasteiger partial charge on any atom is -0.370 e. The zero-order valence-electron chi connectivity index (χ0n) is 16.3. The highest BCUT2D eigenvalue weighted by atomic mass is 15.1. The molecule has 0 unspecified atom stereocenters. The molecule has 0 aromatic carbocycles. The van der Waals surface area contributed by atoms with Crippen LogP contribution < -0.4 is 4.90 Å².